The van der Waals surface area contributed by atoms with E-state index in [0.717, 1.165) is 17.1 Å². The number of halogens is 2. The highest BCUT2D eigenvalue weighted by Gasteiger charge is 2.22. The lowest BCUT2D eigenvalue weighted by Gasteiger charge is -2.28. The first kappa shape index (κ1) is 22.0. The van der Waals surface area contributed by atoms with Crippen LogP contribution in [0.25, 0.3) is 0 Å². The third-order valence-corrected chi connectivity index (χ3v) is 4.53. The second-order valence-corrected chi connectivity index (χ2v) is 8.65. The van der Waals surface area contributed by atoms with Crippen LogP contribution in [0.5, 0.6) is 0 Å². The van der Waals surface area contributed by atoms with Gasteiger partial charge in [0.1, 0.15) is 5.82 Å². The number of carbonyl (C=O) groups excluding carboxylic acids is 2. The van der Waals surface area contributed by atoms with E-state index >= 15 is 0 Å². The highest BCUT2D eigenvalue weighted by atomic mass is 79.9. The highest BCUT2D eigenvalue weighted by molar-refractivity contribution is 9.10. The quantitative estimate of drug-likeness (QED) is 0.666. The van der Waals surface area contributed by atoms with E-state index in [9.17, 15) is 14.0 Å². The largest absolute Gasteiger partial charge is 0.351 e. The van der Waals surface area contributed by atoms with Crippen LogP contribution < -0.4 is 10.6 Å². The standard InChI is InChI=1S/C21H25BrFN3O2/c1-21(2,13-26(3)4)12-24-20(28)17-9-8-16(23)11-18(17)25-19(27)14-6-5-7-15(22)10-14/h5-11H,12-13H2,1-4H3,(H,24,28)(H,25,27). The van der Waals surface area contributed by atoms with Crippen LogP contribution in [0.3, 0.4) is 0 Å². The third kappa shape index (κ3) is 6.42. The summed E-state index contributed by atoms with van der Waals surface area (Å²) < 4.78 is 14.5. The Morgan fingerprint density at radius 3 is 2.46 bits per heavy atom. The van der Waals surface area contributed by atoms with Crippen LogP contribution in [0.2, 0.25) is 0 Å². The Morgan fingerprint density at radius 2 is 1.82 bits per heavy atom. The Morgan fingerprint density at radius 1 is 1.11 bits per heavy atom. The number of rotatable bonds is 7. The summed E-state index contributed by atoms with van der Waals surface area (Å²) in [5, 5.41) is 5.52. The van der Waals surface area contributed by atoms with Crippen molar-refractivity contribution in [1.29, 1.82) is 0 Å². The number of anilines is 1. The van der Waals surface area contributed by atoms with Gasteiger partial charge in [0, 0.05) is 23.1 Å². The van der Waals surface area contributed by atoms with Crippen molar-refractivity contribution in [2.75, 3.05) is 32.5 Å². The van der Waals surface area contributed by atoms with E-state index in [4.69, 9.17) is 0 Å². The lowest BCUT2D eigenvalue weighted by atomic mass is 9.93. The van der Waals surface area contributed by atoms with Crippen LogP contribution in [0, 0.1) is 11.2 Å². The number of hydrogen-bond donors (Lipinski definition) is 2. The average molecular weight is 450 g/mol. The van der Waals surface area contributed by atoms with Gasteiger partial charge in [-0.15, -0.1) is 0 Å². The fourth-order valence-electron chi connectivity index (χ4n) is 2.97. The predicted molar refractivity (Wildman–Crippen MR) is 113 cm³/mol. The van der Waals surface area contributed by atoms with Gasteiger partial charge < -0.3 is 15.5 Å². The summed E-state index contributed by atoms with van der Waals surface area (Å²) in [6.07, 6.45) is 0. The van der Waals surface area contributed by atoms with Crippen LogP contribution in [-0.2, 0) is 0 Å². The van der Waals surface area contributed by atoms with Gasteiger partial charge in [-0.05, 0) is 55.9 Å². The molecule has 0 heterocycles. The molecule has 5 nitrogen and oxygen atoms in total. The highest BCUT2D eigenvalue weighted by Crippen LogP contribution is 2.21. The molecule has 2 rings (SSSR count). The van der Waals surface area contributed by atoms with E-state index in [0.29, 0.717) is 12.1 Å². The van der Waals surface area contributed by atoms with E-state index in [2.05, 4.69) is 26.6 Å². The minimum atomic E-state index is -0.533. The molecule has 0 saturated carbocycles. The average Bonchev–Trinajstić information content (AvgIpc) is 2.59. The molecule has 0 fully saturated rings. The molecule has 0 atom stereocenters. The first-order valence-electron chi connectivity index (χ1n) is 8.87. The van der Waals surface area contributed by atoms with Crippen LogP contribution >= 0.6 is 15.9 Å². The van der Waals surface area contributed by atoms with Crippen molar-refractivity contribution in [3.05, 3.63) is 63.9 Å². The second-order valence-electron chi connectivity index (χ2n) is 7.74. The first-order chi connectivity index (χ1) is 13.1. The number of nitrogens with one attached hydrogen (secondary N) is 2. The van der Waals surface area contributed by atoms with Crippen LogP contribution in [-0.4, -0.2) is 43.9 Å². The van der Waals surface area contributed by atoms with Gasteiger partial charge in [0.05, 0.1) is 11.3 Å². The summed E-state index contributed by atoms with van der Waals surface area (Å²) in [6.45, 7) is 5.34. The van der Waals surface area contributed by atoms with Gasteiger partial charge in [0.25, 0.3) is 11.8 Å². The number of benzene rings is 2. The summed E-state index contributed by atoms with van der Waals surface area (Å²) in [4.78, 5) is 27.2. The summed E-state index contributed by atoms with van der Waals surface area (Å²) in [5.74, 6) is -1.32. The maximum absolute atomic E-state index is 13.8. The molecule has 2 aromatic carbocycles. The molecule has 0 radical (unpaired) electrons. The Labute approximate surface area is 173 Å². The molecule has 150 valence electrons. The SMILES string of the molecule is CN(C)CC(C)(C)CNC(=O)c1ccc(F)cc1NC(=O)c1cccc(Br)c1. The monoisotopic (exact) mass is 449 g/mol. The molecule has 28 heavy (non-hydrogen) atoms. The normalized spacial score (nSPS) is 11.4. The lowest BCUT2D eigenvalue weighted by molar-refractivity contribution is 0.0930. The van der Waals surface area contributed by atoms with E-state index in [1.54, 1.807) is 24.3 Å². The zero-order chi connectivity index (χ0) is 20.9. The van der Waals surface area contributed by atoms with Gasteiger partial charge in [-0.25, -0.2) is 4.39 Å². The van der Waals surface area contributed by atoms with Gasteiger partial charge >= 0.3 is 0 Å². The Kier molecular flexibility index (Phi) is 7.32. The Bertz CT molecular complexity index is 868. The molecule has 0 aliphatic carbocycles. The molecule has 0 saturated heterocycles. The molecular weight excluding hydrogens is 425 g/mol. The third-order valence-electron chi connectivity index (χ3n) is 4.03. The molecule has 2 aromatic rings. The summed E-state index contributed by atoms with van der Waals surface area (Å²) >= 11 is 3.31. The first-order valence-corrected chi connectivity index (χ1v) is 9.66. The van der Waals surface area contributed by atoms with Gasteiger partial charge in [-0.3, -0.25) is 9.59 Å². The topological polar surface area (TPSA) is 61.4 Å². The number of amides is 2. The van der Waals surface area contributed by atoms with E-state index < -0.39 is 11.7 Å². The minimum Gasteiger partial charge on any atom is -0.351 e. The Balaban J connectivity index is 2.17. The molecule has 0 spiro atoms. The smallest absolute Gasteiger partial charge is 0.255 e. The molecule has 0 aliphatic rings. The summed E-state index contributed by atoms with van der Waals surface area (Å²) in [6, 6.07) is 10.5. The van der Waals surface area contributed by atoms with Crippen molar-refractivity contribution >= 4 is 33.4 Å². The van der Waals surface area contributed by atoms with Gasteiger partial charge in [0.2, 0.25) is 0 Å². The van der Waals surface area contributed by atoms with E-state index in [-0.39, 0.29) is 22.6 Å². The van der Waals surface area contributed by atoms with Crippen molar-refractivity contribution in [1.82, 2.24) is 10.2 Å². The van der Waals surface area contributed by atoms with Crippen molar-refractivity contribution < 1.29 is 14.0 Å². The molecule has 0 aromatic heterocycles. The van der Waals surface area contributed by atoms with Gasteiger partial charge in [-0.2, -0.15) is 0 Å². The fourth-order valence-corrected chi connectivity index (χ4v) is 3.37. The molecule has 2 amide bonds. The molecule has 2 N–H and O–H groups in total. The fraction of sp³-hybridized carbons (Fsp3) is 0.333. The van der Waals surface area contributed by atoms with E-state index in [1.807, 2.05) is 32.8 Å². The maximum atomic E-state index is 13.8. The zero-order valence-corrected chi connectivity index (χ0v) is 18.1. The number of hydrogen-bond acceptors (Lipinski definition) is 3. The molecule has 7 heteroatoms. The molecule has 0 aliphatic heterocycles. The predicted octanol–water partition coefficient (Wildman–Crippen LogP) is 4.16. The number of carbonyl (C=O) groups is 2. The maximum Gasteiger partial charge on any atom is 0.255 e. The summed E-state index contributed by atoms with van der Waals surface area (Å²) in [5.41, 5.74) is 0.606. The Hall–Kier alpha value is -2.25. The van der Waals surface area contributed by atoms with Crippen LogP contribution in [0.1, 0.15) is 34.6 Å². The van der Waals surface area contributed by atoms with Gasteiger partial charge in [-0.1, -0.05) is 35.8 Å². The lowest BCUT2D eigenvalue weighted by Crippen LogP contribution is -2.40. The van der Waals surface area contributed by atoms with Crippen LogP contribution in [0.4, 0.5) is 10.1 Å². The molecule has 0 bridgehead atoms. The summed E-state index contributed by atoms with van der Waals surface area (Å²) in [7, 11) is 3.94. The second kappa shape index (κ2) is 9.30. The minimum absolute atomic E-state index is 0.132. The van der Waals surface area contributed by atoms with Crippen molar-refractivity contribution in [2.24, 2.45) is 5.41 Å². The molecule has 0 unspecified atom stereocenters. The van der Waals surface area contributed by atoms with Crippen molar-refractivity contribution in [3.8, 4) is 0 Å². The van der Waals surface area contributed by atoms with Crippen LogP contribution in [0.15, 0.2) is 46.9 Å². The van der Waals surface area contributed by atoms with Crippen molar-refractivity contribution in [2.45, 2.75) is 13.8 Å². The van der Waals surface area contributed by atoms with E-state index in [1.165, 1.54) is 12.1 Å². The number of nitrogens with zero attached hydrogens (tertiary/aromatic N) is 1. The van der Waals surface area contributed by atoms with Crippen molar-refractivity contribution in [3.63, 3.8) is 0 Å². The zero-order valence-electron chi connectivity index (χ0n) is 16.5. The van der Waals surface area contributed by atoms with Gasteiger partial charge in [0.15, 0.2) is 0 Å². The molecular formula is C21H25BrFN3O2.